The average molecular weight is 1080 g/mol. The largest absolute Gasteiger partial charge is 0.462 e. The van der Waals surface area contributed by atoms with Gasteiger partial charge >= 0.3 is 17.9 Å². The standard InChI is InChI=1S/C71H126O6/c1-4-7-10-13-16-19-22-25-28-30-32-33-34-35-36-37-39-40-43-46-49-52-55-58-61-64-70(73)76-67-68(66-75-69(72)63-60-57-54-51-48-45-42-27-24-21-18-15-12-9-6-3)77-71(74)65-62-59-56-53-50-47-44-41-38-31-29-26-23-20-17-14-11-8-5-2/h18,21-22,25-27,29-30,32,34-35,42,68H,4-17,19-20,23-24,28,31,33,36-41,43-67H2,1-3H3/b21-18-,25-22-,29-26-,32-30-,35-34-,42-27-. The molecule has 0 aromatic rings. The molecule has 0 saturated heterocycles. The Morgan fingerprint density at radius 1 is 0.260 bits per heavy atom. The van der Waals surface area contributed by atoms with Gasteiger partial charge in [-0.3, -0.25) is 14.4 Å². The molecule has 1 atom stereocenters. The van der Waals surface area contributed by atoms with Gasteiger partial charge in [0.1, 0.15) is 13.2 Å². The van der Waals surface area contributed by atoms with Gasteiger partial charge in [0.2, 0.25) is 0 Å². The van der Waals surface area contributed by atoms with E-state index in [0.29, 0.717) is 19.3 Å². The third-order valence-corrected chi connectivity index (χ3v) is 14.7. The lowest BCUT2D eigenvalue weighted by atomic mass is 10.0. The van der Waals surface area contributed by atoms with Crippen LogP contribution in [0.25, 0.3) is 0 Å². The summed E-state index contributed by atoms with van der Waals surface area (Å²) in [6.07, 6.45) is 84.8. The van der Waals surface area contributed by atoms with Crippen molar-refractivity contribution in [3.05, 3.63) is 72.9 Å². The Morgan fingerprint density at radius 2 is 0.468 bits per heavy atom. The van der Waals surface area contributed by atoms with E-state index in [-0.39, 0.29) is 31.1 Å². The number of carbonyl (C=O) groups excluding carboxylic acids is 3. The van der Waals surface area contributed by atoms with E-state index in [1.807, 2.05) is 0 Å². The molecule has 0 radical (unpaired) electrons. The molecule has 0 bridgehead atoms. The number of unbranched alkanes of at least 4 members (excludes halogenated alkanes) is 38. The van der Waals surface area contributed by atoms with Gasteiger partial charge in [0.05, 0.1) is 0 Å². The van der Waals surface area contributed by atoms with E-state index < -0.39 is 6.10 Å². The number of hydrogen-bond donors (Lipinski definition) is 0. The first-order valence-corrected chi connectivity index (χ1v) is 33.4. The second kappa shape index (κ2) is 65.4. The Labute approximate surface area is 478 Å². The molecule has 6 heteroatoms. The van der Waals surface area contributed by atoms with Gasteiger partial charge in [0.15, 0.2) is 6.10 Å². The van der Waals surface area contributed by atoms with Gasteiger partial charge in [-0.25, -0.2) is 0 Å². The lowest BCUT2D eigenvalue weighted by molar-refractivity contribution is -0.167. The minimum Gasteiger partial charge on any atom is -0.462 e. The normalized spacial score (nSPS) is 12.5. The fourth-order valence-corrected chi connectivity index (χ4v) is 9.59. The van der Waals surface area contributed by atoms with E-state index >= 15 is 0 Å². The minimum atomic E-state index is -0.785. The van der Waals surface area contributed by atoms with Gasteiger partial charge in [0.25, 0.3) is 0 Å². The zero-order valence-corrected chi connectivity index (χ0v) is 51.2. The molecule has 0 amide bonds. The van der Waals surface area contributed by atoms with Crippen molar-refractivity contribution >= 4 is 17.9 Å². The smallest absolute Gasteiger partial charge is 0.306 e. The molecule has 6 nitrogen and oxygen atoms in total. The first kappa shape index (κ1) is 73.8. The summed E-state index contributed by atoms with van der Waals surface area (Å²) < 4.78 is 16.9. The van der Waals surface area contributed by atoms with Crippen molar-refractivity contribution in [2.24, 2.45) is 0 Å². The predicted molar refractivity (Wildman–Crippen MR) is 335 cm³/mol. The first-order chi connectivity index (χ1) is 38.0. The quantitative estimate of drug-likeness (QED) is 0.0261. The highest BCUT2D eigenvalue weighted by atomic mass is 16.6. The summed E-state index contributed by atoms with van der Waals surface area (Å²) in [7, 11) is 0. The summed E-state index contributed by atoms with van der Waals surface area (Å²) in [5, 5.41) is 0. The predicted octanol–water partition coefficient (Wildman–Crippen LogP) is 22.9. The lowest BCUT2D eigenvalue weighted by Gasteiger charge is -2.18. The first-order valence-electron chi connectivity index (χ1n) is 33.4. The molecular formula is C71H126O6. The molecule has 1 unspecified atom stereocenters. The molecule has 0 aromatic carbocycles. The summed E-state index contributed by atoms with van der Waals surface area (Å²) in [6.45, 7) is 6.62. The molecule has 0 N–H and O–H groups in total. The van der Waals surface area contributed by atoms with Crippen LogP contribution in [0.5, 0.6) is 0 Å². The van der Waals surface area contributed by atoms with E-state index in [4.69, 9.17) is 14.2 Å². The maximum absolute atomic E-state index is 12.9. The number of allylic oxidation sites excluding steroid dienone is 12. The van der Waals surface area contributed by atoms with Crippen molar-refractivity contribution in [1.29, 1.82) is 0 Å². The molecule has 0 aromatic heterocycles. The summed E-state index contributed by atoms with van der Waals surface area (Å²) in [5.41, 5.74) is 0. The van der Waals surface area contributed by atoms with Gasteiger partial charge in [-0.2, -0.15) is 0 Å². The van der Waals surface area contributed by atoms with Crippen molar-refractivity contribution in [3.8, 4) is 0 Å². The number of rotatable bonds is 61. The molecule has 0 aliphatic heterocycles. The zero-order valence-electron chi connectivity index (χ0n) is 51.2. The molecule has 0 aliphatic carbocycles. The average Bonchev–Trinajstić information content (AvgIpc) is 3.43. The molecule has 0 aliphatic rings. The number of ether oxygens (including phenoxy) is 3. The van der Waals surface area contributed by atoms with Crippen molar-refractivity contribution in [2.75, 3.05) is 13.2 Å². The van der Waals surface area contributed by atoms with Crippen LogP contribution >= 0.6 is 0 Å². The highest BCUT2D eigenvalue weighted by molar-refractivity contribution is 5.71. The Balaban J connectivity index is 4.34. The Bertz CT molecular complexity index is 1420. The van der Waals surface area contributed by atoms with Crippen LogP contribution in [0.4, 0.5) is 0 Å². The molecular weight excluding hydrogens is 949 g/mol. The topological polar surface area (TPSA) is 78.9 Å². The summed E-state index contributed by atoms with van der Waals surface area (Å²) >= 11 is 0. The molecule has 446 valence electrons. The Kier molecular flexibility index (Phi) is 62.7. The maximum Gasteiger partial charge on any atom is 0.306 e. The molecule has 0 rings (SSSR count). The van der Waals surface area contributed by atoms with E-state index in [1.54, 1.807) is 0 Å². The van der Waals surface area contributed by atoms with Gasteiger partial charge in [-0.15, -0.1) is 0 Å². The second-order valence-corrected chi connectivity index (χ2v) is 22.4. The summed E-state index contributed by atoms with van der Waals surface area (Å²) in [6, 6.07) is 0. The van der Waals surface area contributed by atoms with Crippen LogP contribution in [0, 0.1) is 0 Å². The SMILES string of the molecule is CCCCC/C=C\C/C=C\CCCCCCCC(=O)OCC(COC(=O)CCCCCCCCCCCC/C=C\C/C=C\C/C=C\CCCCCCC)OC(=O)CCCCCCCCCCC/C=C\CCCCCCCC. The van der Waals surface area contributed by atoms with E-state index in [1.165, 1.54) is 212 Å². The number of esters is 3. The van der Waals surface area contributed by atoms with Crippen molar-refractivity contribution in [2.45, 2.75) is 348 Å². The molecule has 0 heterocycles. The third-order valence-electron chi connectivity index (χ3n) is 14.7. The minimum absolute atomic E-state index is 0.0812. The molecule has 0 fully saturated rings. The van der Waals surface area contributed by atoms with Crippen LogP contribution in [-0.4, -0.2) is 37.2 Å². The van der Waals surface area contributed by atoms with Gasteiger partial charge in [0, 0.05) is 19.3 Å². The fraction of sp³-hybridized carbons (Fsp3) is 0.789. The van der Waals surface area contributed by atoms with E-state index in [9.17, 15) is 14.4 Å². The van der Waals surface area contributed by atoms with Gasteiger partial charge in [-0.05, 0) is 116 Å². The van der Waals surface area contributed by atoms with E-state index in [0.717, 1.165) is 89.9 Å². The van der Waals surface area contributed by atoms with Crippen molar-refractivity contribution < 1.29 is 28.6 Å². The van der Waals surface area contributed by atoms with Crippen LogP contribution in [0.1, 0.15) is 342 Å². The van der Waals surface area contributed by atoms with Gasteiger partial charge in [-0.1, -0.05) is 280 Å². The van der Waals surface area contributed by atoms with Crippen LogP contribution in [0.15, 0.2) is 72.9 Å². The monoisotopic (exact) mass is 1070 g/mol. The molecule has 0 saturated carbocycles. The number of carbonyl (C=O) groups is 3. The molecule has 77 heavy (non-hydrogen) atoms. The molecule has 0 spiro atoms. The highest BCUT2D eigenvalue weighted by Crippen LogP contribution is 2.16. The van der Waals surface area contributed by atoms with Crippen molar-refractivity contribution in [3.63, 3.8) is 0 Å². The lowest BCUT2D eigenvalue weighted by Crippen LogP contribution is -2.30. The fourth-order valence-electron chi connectivity index (χ4n) is 9.59. The van der Waals surface area contributed by atoms with Crippen LogP contribution in [-0.2, 0) is 28.6 Å². The Hall–Kier alpha value is -3.15. The maximum atomic E-state index is 12.9. The highest BCUT2D eigenvalue weighted by Gasteiger charge is 2.19. The second-order valence-electron chi connectivity index (χ2n) is 22.4. The van der Waals surface area contributed by atoms with E-state index in [2.05, 4.69) is 93.7 Å². The Morgan fingerprint density at radius 3 is 0.766 bits per heavy atom. The van der Waals surface area contributed by atoms with Crippen molar-refractivity contribution in [1.82, 2.24) is 0 Å². The summed E-state index contributed by atoms with van der Waals surface area (Å²) in [4.78, 5) is 38.4. The van der Waals surface area contributed by atoms with Crippen LogP contribution in [0.2, 0.25) is 0 Å². The van der Waals surface area contributed by atoms with Crippen LogP contribution in [0.3, 0.4) is 0 Å². The zero-order chi connectivity index (χ0) is 55.7. The third kappa shape index (κ3) is 63.6. The van der Waals surface area contributed by atoms with Gasteiger partial charge < -0.3 is 14.2 Å². The summed E-state index contributed by atoms with van der Waals surface area (Å²) in [5.74, 6) is -0.885. The van der Waals surface area contributed by atoms with Crippen LogP contribution < -0.4 is 0 Å². The number of hydrogen-bond acceptors (Lipinski definition) is 6.